The minimum Gasteiger partial charge on any atom is -0.497 e. The lowest BCUT2D eigenvalue weighted by Crippen LogP contribution is -2.57. The van der Waals surface area contributed by atoms with E-state index < -0.39 is 66.8 Å². The van der Waals surface area contributed by atoms with Crippen LogP contribution < -0.4 is 26.0 Å². The number of anilines is 1. The van der Waals surface area contributed by atoms with Gasteiger partial charge in [-0.25, -0.2) is 24.5 Å². The van der Waals surface area contributed by atoms with Gasteiger partial charge < -0.3 is 45.7 Å². The zero-order valence-corrected chi connectivity index (χ0v) is 29.2. The highest BCUT2D eigenvalue weighted by molar-refractivity contribution is 6.06. The monoisotopic (exact) mass is 752 g/mol. The maximum absolute atomic E-state index is 13.8. The first-order valence-corrected chi connectivity index (χ1v) is 16.9. The molecule has 5 atom stereocenters. The number of carbonyl (C=O) groups is 5. The van der Waals surface area contributed by atoms with Gasteiger partial charge in [-0.15, -0.1) is 0 Å². The van der Waals surface area contributed by atoms with Gasteiger partial charge in [0.25, 0.3) is 5.91 Å². The number of carboxylic acids is 1. The molecule has 0 saturated carbocycles. The van der Waals surface area contributed by atoms with Crippen LogP contribution in [0.25, 0.3) is 11.2 Å². The molecule has 2 aromatic heterocycles. The van der Waals surface area contributed by atoms with Crippen molar-refractivity contribution in [2.75, 3.05) is 19.0 Å². The van der Waals surface area contributed by atoms with Crippen molar-refractivity contribution in [1.82, 2.24) is 35.5 Å². The number of alkyl carbamates (subject to hydrolysis) is 1. The number of hydrogen-bond donors (Lipinski definition) is 6. The fraction of sp³-hybridized carbons (Fsp3) is 0.243. The molecule has 0 unspecified atom stereocenters. The molecule has 1 aliphatic rings. The van der Waals surface area contributed by atoms with Gasteiger partial charge in [0.15, 0.2) is 29.3 Å². The van der Waals surface area contributed by atoms with Crippen molar-refractivity contribution >= 4 is 46.8 Å². The van der Waals surface area contributed by atoms with Crippen LogP contribution in [0, 0.1) is 0 Å². The zero-order valence-electron chi connectivity index (χ0n) is 29.2. The number of benzene rings is 3. The Morgan fingerprint density at radius 2 is 1.62 bits per heavy atom. The van der Waals surface area contributed by atoms with Gasteiger partial charge in [0.05, 0.1) is 19.5 Å². The van der Waals surface area contributed by atoms with Gasteiger partial charge in [-0.2, -0.15) is 0 Å². The van der Waals surface area contributed by atoms with Crippen LogP contribution in [-0.2, 0) is 36.9 Å². The van der Waals surface area contributed by atoms with Crippen LogP contribution in [0.1, 0.15) is 27.7 Å². The Labute approximate surface area is 312 Å². The smallest absolute Gasteiger partial charge is 0.407 e. The second-order valence-corrected chi connectivity index (χ2v) is 12.3. The van der Waals surface area contributed by atoms with Crippen LogP contribution >= 0.6 is 0 Å². The van der Waals surface area contributed by atoms with Crippen molar-refractivity contribution in [1.29, 1.82) is 0 Å². The number of carbonyl (C=O) groups excluding carboxylic acids is 4. The highest BCUT2D eigenvalue weighted by Crippen LogP contribution is 2.33. The second kappa shape index (κ2) is 17.3. The summed E-state index contributed by atoms with van der Waals surface area (Å²) in [5.74, 6) is -2.94. The van der Waals surface area contributed by atoms with E-state index in [4.69, 9.17) is 14.2 Å². The normalized spacial score (nSPS) is 18.1. The van der Waals surface area contributed by atoms with Gasteiger partial charge in [0, 0.05) is 12.0 Å². The Balaban J connectivity index is 1.16. The highest BCUT2D eigenvalue weighted by atomic mass is 16.6. The van der Waals surface area contributed by atoms with E-state index >= 15 is 0 Å². The third-order valence-corrected chi connectivity index (χ3v) is 8.58. The molecule has 284 valence electrons. The predicted octanol–water partition coefficient (Wildman–Crippen LogP) is 1.57. The Morgan fingerprint density at radius 1 is 0.909 bits per heavy atom. The van der Waals surface area contributed by atoms with Crippen LogP contribution in [0.2, 0.25) is 0 Å². The van der Waals surface area contributed by atoms with Crippen LogP contribution in [0.3, 0.4) is 0 Å². The molecule has 3 aromatic carbocycles. The van der Waals surface area contributed by atoms with Gasteiger partial charge >= 0.3 is 12.1 Å². The number of nitrogens with one attached hydrogen (secondary N) is 4. The molecule has 18 nitrogen and oxygen atoms in total. The number of carboxylic acid groups (broad SMARTS) is 1. The van der Waals surface area contributed by atoms with E-state index in [1.165, 1.54) is 18.0 Å². The largest absolute Gasteiger partial charge is 0.497 e. The lowest BCUT2D eigenvalue weighted by molar-refractivity contribution is -0.152. The third kappa shape index (κ3) is 9.18. The fourth-order valence-corrected chi connectivity index (χ4v) is 5.82. The minimum atomic E-state index is -1.75. The van der Waals surface area contributed by atoms with E-state index in [0.29, 0.717) is 16.9 Å². The van der Waals surface area contributed by atoms with E-state index in [0.717, 1.165) is 11.9 Å². The summed E-state index contributed by atoms with van der Waals surface area (Å²) in [6.45, 7) is -0.569. The maximum Gasteiger partial charge on any atom is 0.407 e. The molecular weight excluding hydrogens is 716 g/mol. The summed E-state index contributed by atoms with van der Waals surface area (Å²) < 4.78 is 17.4. The van der Waals surface area contributed by atoms with Crippen LogP contribution in [0.4, 0.5) is 10.6 Å². The lowest BCUT2D eigenvalue weighted by Gasteiger charge is -2.24. The minimum absolute atomic E-state index is 0.0257. The number of ether oxygens (including phenoxy) is 3. The van der Waals surface area contributed by atoms with Crippen LogP contribution in [0.5, 0.6) is 5.75 Å². The van der Waals surface area contributed by atoms with Gasteiger partial charge in [-0.1, -0.05) is 60.7 Å². The molecule has 55 heavy (non-hydrogen) atoms. The number of amides is 4. The van der Waals surface area contributed by atoms with Crippen molar-refractivity contribution in [3.63, 3.8) is 0 Å². The number of hydrogen-bond acceptors (Lipinski definition) is 12. The average molecular weight is 753 g/mol. The average Bonchev–Trinajstić information content (AvgIpc) is 3.78. The Morgan fingerprint density at radius 3 is 2.31 bits per heavy atom. The third-order valence-electron chi connectivity index (χ3n) is 8.58. The van der Waals surface area contributed by atoms with E-state index in [9.17, 15) is 34.2 Å². The second-order valence-electron chi connectivity index (χ2n) is 12.3. The van der Waals surface area contributed by atoms with Crippen molar-refractivity contribution in [2.24, 2.45) is 0 Å². The van der Waals surface area contributed by atoms with Gasteiger partial charge in [0.2, 0.25) is 11.8 Å². The van der Waals surface area contributed by atoms with Gasteiger partial charge in [-0.05, 0) is 35.4 Å². The molecule has 6 N–H and O–H groups in total. The Bertz CT molecular complexity index is 2150. The molecule has 3 heterocycles. The zero-order chi connectivity index (χ0) is 38.9. The topological polar surface area (TPSA) is 245 Å². The highest BCUT2D eigenvalue weighted by Gasteiger charge is 2.50. The predicted molar refractivity (Wildman–Crippen MR) is 192 cm³/mol. The first-order valence-electron chi connectivity index (χ1n) is 16.9. The molecule has 1 fully saturated rings. The number of rotatable bonds is 14. The summed E-state index contributed by atoms with van der Waals surface area (Å²) in [6.07, 6.45) is -3.37. The molecule has 18 heteroatoms. The van der Waals surface area contributed by atoms with E-state index in [1.54, 1.807) is 78.9 Å². The van der Waals surface area contributed by atoms with Gasteiger partial charge in [-0.3, -0.25) is 19.0 Å². The standard InChI is InChI=1S/C37H36N8O10/c1-53-24-14-12-21(13-15-24)16-25(42-26(46)17-38-37(52)54-18-22-8-4-2-5-9-22)34(49)43-27-29(47)35(55-30(27)36(50)51)45-20-41-28-31(39-19-40-32(28)45)44-33(48)23-10-6-3-7-11-23/h2-15,19-20,25,27,29-30,35,47H,16-18H2,1H3,(H,38,52)(H,42,46)(H,43,49)(H,50,51)(H,39,40,44,48)/t25-,27-,29+,30-,35+/m0/s1. The number of aliphatic hydroxyl groups is 1. The van der Waals surface area contributed by atoms with Crippen molar-refractivity contribution < 1.29 is 48.4 Å². The number of nitrogens with zero attached hydrogens (tertiary/aromatic N) is 4. The molecule has 0 radical (unpaired) electrons. The number of fused-ring (bicyclic) bond motifs is 1. The summed E-state index contributed by atoms with van der Waals surface area (Å²) in [7, 11) is 1.49. The first kappa shape index (κ1) is 37.8. The first-order chi connectivity index (χ1) is 26.6. The summed E-state index contributed by atoms with van der Waals surface area (Å²) in [5, 5.41) is 31.7. The van der Waals surface area contributed by atoms with E-state index in [1.807, 2.05) is 6.07 Å². The summed E-state index contributed by atoms with van der Waals surface area (Å²) in [4.78, 5) is 76.9. The molecule has 1 aliphatic heterocycles. The summed E-state index contributed by atoms with van der Waals surface area (Å²) in [5.41, 5.74) is 1.93. The molecule has 1 saturated heterocycles. The van der Waals surface area contributed by atoms with Crippen LogP contribution in [-0.4, -0.2) is 97.5 Å². The quantitative estimate of drug-likeness (QED) is 0.0945. The number of imidazole rings is 1. The molecule has 0 aliphatic carbocycles. The molecule has 5 aromatic rings. The molecule has 4 amide bonds. The number of aromatic nitrogens is 4. The van der Waals surface area contributed by atoms with Crippen LogP contribution in [0.15, 0.2) is 97.6 Å². The molecule has 6 rings (SSSR count). The van der Waals surface area contributed by atoms with E-state index in [2.05, 4.69) is 36.2 Å². The maximum atomic E-state index is 13.8. The molecular formula is C37H36N8O10. The van der Waals surface area contributed by atoms with E-state index in [-0.39, 0.29) is 30.0 Å². The van der Waals surface area contributed by atoms with Crippen molar-refractivity contribution in [3.05, 3.63) is 114 Å². The van der Waals surface area contributed by atoms with Gasteiger partial charge in [0.1, 0.15) is 37.4 Å². The number of aliphatic hydroxyl groups excluding tert-OH is 1. The summed E-state index contributed by atoms with van der Waals surface area (Å²) >= 11 is 0. The number of methoxy groups -OCH3 is 1. The summed E-state index contributed by atoms with van der Waals surface area (Å²) in [6, 6.07) is 21.2. The number of aliphatic carboxylic acids is 1. The SMILES string of the molecule is COc1ccc(C[C@H](NC(=O)CNC(=O)OCc2ccccc2)C(=O)N[C@H]2[C@@H](O)[C@H](n3cnc4c(NC(=O)c5ccccc5)ncnc43)O[C@@H]2C(=O)O)cc1. The lowest BCUT2D eigenvalue weighted by atomic mass is 10.0. The Hall–Kier alpha value is -6.92. The molecule has 0 bridgehead atoms. The van der Waals surface area contributed by atoms with Crippen molar-refractivity contribution in [3.8, 4) is 5.75 Å². The van der Waals surface area contributed by atoms with Crippen molar-refractivity contribution in [2.45, 2.75) is 43.5 Å². The Kier molecular flexibility index (Phi) is 11.9. The fourth-order valence-electron chi connectivity index (χ4n) is 5.82. The molecule has 0 spiro atoms.